The maximum atomic E-state index is 5.18. The number of hydrazone groups is 1. The van der Waals surface area contributed by atoms with E-state index < -0.39 is 0 Å². The van der Waals surface area contributed by atoms with Crippen molar-refractivity contribution in [3.63, 3.8) is 0 Å². The smallest absolute Gasteiger partial charge is 0.191 e. The predicted octanol–water partition coefficient (Wildman–Crippen LogP) is 3.32. The van der Waals surface area contributed by atoms with Gasteiger partial charge in [0.05, 0.1) is 13.3 Å². The van der Waals surface area contributed by atoms with Crippen LogP contribution in [0.3, 0.4) is 0 Å². The van der Waals surface area contributed by atoms with Crippen molar-refractivity contribution in [1.29, 1.82) is 0 Å². The van der Waals surface area contributed by atoms with Crippen LogP contribution in [-0.4, -0.2) is 18.4 Å². The summed E-state index contributed by atoms with van der Waals surface area (Å²) >= 11 is 5.18. The van der Waals surface area contributed by atoms with Gasteiger partial charge in [0.1, 0.15) is 5.75 Å². The molecule has 0 spiro atoms. The number of aryl methyl sites for hydroxylation is 1. The summed E-state index contributed by atoms with van der Waals surface area (Å²) in [4.78, 5) is 0. The quantitative estimate of drug-likeness (QED) is 0.516. The fraction of sp³-hybridized carbons (Fsp3) is 0.125. The van der Waals surface area contributed by atoms with E-state index in [-0.39, 0.29) is 0 Å². The van der Waals surface area contributed by atoms with Gasteiger partial charge in [-0.15, -0.1) is 0 Å². The second-order valence-electron chi connectivity index (χ2n) is 4.47. The third-order valence-corrected chi connectivity index (χ3v) is 2.96. The number of nitrogens with one attached hydrogen (secondary N) is 2. The SMILES string of the molecule is COc1ccc(/C=N/NC(=S)Nc2cccc(C)c2)cc1. The lowest BCUT2D eigenvalue weighted by Gasteiger charge is -2.07. The molecule has 0 amide bonds. The molecule has 0 aromatic heterocycles. The Kier molecular flexibility index (Phi) is 5.29. The van der Waals surface area contributed by atoms with Gasteiger partial charge in [-0.25, -0.2) is 0 Å². The molecule has 0 saturated heterocycles. The second-order valence-corrected chi connectivity index (χ2v) is 4.88. The number of ether oxygens (including phenoxy) is 1. The van der Waals surface area contributed by atoms with E-state index in [2.05, 4.69) is 15.8 Å². The van der Waals surface area contributed by atoms with E-state index in [0.29, 0.717) is 5.11 Å². The van der Waals surface area contributed by atoms with Crippen molar-refractivity contribution >= 4 is 29.2 Å². The lowest BCUT2D eigenvalue weighted by Crippen LogP contribution is -2.23. The number of hydrogen-bond donors (Lipinski definition) is 2. The summed E-state index contributed by atoms with van der Waals surface area (Å²) in [6.45, 7) is 2.03. The van der Waals surface area contributed by atoms with Gasteiger partial charge in [-0.2, -0.15) is 5.10 Å². The van der Waals surface area contributed by atoms with Crippen LogP contribution in [0.15, 0.2) is 53.6 Å². The third-order valence-electron chi connectivity index (χ3n) is 2.77. The molecule has 0 aliphatic carbocycles. The molecule has 0 fully saturated rings. The molecule has 0 aliphatic rings. The van der Waals surface area contributed by atoms with Crippen LogP contribution in [0.5, 0.6) is 5.75 Å². The Hall–Kier alpha value is -2.40. The average molecular weight is 299 g/mol. The van der Waals surface area contributed by atoms with Crippen LogP contribution in [0.25, 0.3) is 0 Å². The number of benzene rings is 2. The van der Waals surface area contributed by atoms with Gasteiger partial charge in [-0.3, -0.25) is 5.43 Å². The third kappa shape index (κ3) is 4.89. The standard InChI is InChI=1S/C16H17N3OS/c1-12-4-3-5-14(10-12)18-16(21)19-17-11-13-6-8-15(20-2)9-7-13/h3-11H,1-2H3,(H2,18,19,21)/b17-11+. The molecular weight excluding hydrogens is 282 g/mol. The molecule has 0 atom stereocenters. The van der Waals surface area contributed by atoms with Gasteiger partial charge in [0.25, 0.3) is 0 Å². The summed E-state index contributed by atoms with van der Waals surface area (Å²) in [5.74, 6) is 0.816. The highest BCUT2D eigenvalue weighted by atomic mass is 32.1. The van der Waals surface area contributed by atoms with Crippen LogP contribution in [0.2, 0.25) is 0 Å². The van der Waals surface area contributed by atoms with Crippen molar-refractivity contribution in [3.8, 4) is 5.75 Å². The molecule has 0 aliphatic heterocycles. The van der Waals surface area contributed by atoms with E-state index in [1.807, 2.05) is 55.5 Å². The number of anilines is 1. The van der Waals surface area contributed by atoms with E-state index in [1.165, 1.54) is 5.56 Å². The van der Waals surface area contributed by atoms with Gasteiger partial charge >= 0.3 is 0 Å². The second kappa shape index (κ2) is 7.40. The summed E-state index contributed by atoms with van der Waals surface area (Å²) in [7, 11) is 1.64. The minimum atomic E-state index is 0.449. The van der Waals surface area contributed by atoms with Gasteiger partial charge < -0.3 is 10.1 Å². The zero-order valence-corrected chi connectivity index (χ0v) is 12.8. The molecular formula is C16H17N3OS. The van der Waals surface area contributed by atoms with E-state index in [0.717, 1.165) is 17.0 Å². The molecule has 2 aromatic carbocycles. The summed E-state index contributed by atoms with van der Waals surface area (Å²) in [5.41, 5.74) is 5.85. The van der Waals surface area contributed by atoms with Crippen LogP contribution in [0.4, 0.5) is 5.69 Å². The van der Waals surface area contributed by atoms with Crippen molar-refractivity contribution in [3.05, 3.63) is 59.7 Å². The first kappa shape index (κ1) is 15.0. The molecule has 108 valence electrons. The first-order valence-corrected chi connectivity index (χ1v) is 6.89. The summed E-state index contributed by atoms with van der Waals surface area (Å²) in [6.07, 6.45) is 1.70. The van der Waals surface area contributed by atoms with Crippen LogP contribution in [0.1, 0.15) is 11.1 Å². The lowest BCUT2D eigenvalue weighted by molar-refractivity contribution is 0.415. The van der Waals surface area contributed by atoms with E-state index in [1.54, 1.807) is 13.3 Å². The monoisotopic (exact) mass is 299 g/mol. The average Bonchev–Trinajstić information content (AvgIpc) is 2.48. The fourth-order valence-corrected chi connectivity index (χ4v) is 1.91. The van der Waals surface area contributed by atoms with Crippen molar-refractivity contribution < 1.29 is 4.74 Å². The normalized spacial score (nSPS) is 10.4. The lowest BCUT2D eigenvalue weighted by atomic mass is 10.2. The molecule has 0 unspecified atom stereocenters. The van der Waals surface area contributed by atoms with Crippen molar-refractivity contribution in [1.82, 2.24) is 5.43 Å². The summed E-state index contributed by atoms with van der Waals surface area (Å²) < 4.78 is 5.10. The van der Waals surface area contributed by atoms with Gasteiger partial charge in [-0.1, -0.05) is 12.1 Å². The van der Waals surface area contributed by atoms with Gasteiger partial charge in [0.2, 0.25) is 0 Å². The van der Waals surface area contributed by atoms with E-state index >= 15 is 0 Å². The fourth-order valence-electron chi connectivity index (χ4n) is 1.74. The molecule has 0 heterocycles. The Labute approximate surface area is 129 Å². The highest BCUT2D eigenvalue weighted by molar-refractivity contribution is 7.80. The molecule has 2 N–H and O–H groups in total. The maximum absolute atomic E-state index is 5.18. The number of nitrogens with zero attached hydrogens (tertiary/aromatic N) is 1. The largest absolute Gasteiger partial charge is 0.497 e. The van der Waals surface area contributed by atoms with Gasteiger partial charge in [0, 0.05) is 5.69 Å². The van der Waals surface area contributed by atoms with Crippen molar-refractivity contribution in [2.45, 2.75) is 6.92 Å². The van der Waals surface area contributed by atoms with Crippen LogP contribution in [0, 0.1) is 6.92 Å². The molecule has 4 nitrogen and oxygen atoms in total. The Bertz CT molecular complexity index is 638. The summed E-state index contributed by atoms with van der Waals surface area (Å²) in [5, 5.41) is 7.62. The summed E-state index contributed by atoms with van der Waals surface area (Å²) in [6, 6.07) is 15.6. The van der Waals surface area contributed by atoms with E-state index in [9.17, 15) is 0 Å². The molecule has 0 saturated carbocycles. The Morgan fingerprint density at radius 3 is 2.62 bits per heavy atom. The van der Waals surface area contributed by atoms with Crippen molar-refractivity contribution in [2.24, 2.45) is 5.10 Å². The molecule has 2 aromatic rings. The highest BCUT2D eigenvalue weighted by Gasteiger charge is 1.96. The maximum Gasteiger partial charge on any atom is 0.191 e. The van der Waals surface area contributed by atoms with Crippen LogP contribution >= 0.6 is 12.2 Å². The topological polar surface area (TPSA) is 45.6 Å². The first-order valence-electron chi connectivity index (χ1n) is 6.48. The van der Waals surface area contributed by atoms with Crippen LogP contribution in [-0.2, 0) is 0 Å². The number of rotatable bonds is 4. The minimum Gasteiger partial charge on any atom is -0.497 e. The number of thiocarbonyl (C=S) groups is 1. The highest BCUT2D eigenvalue weighted by Crippen LogP contribution is 2.10. The zero-order chi connectivity index (χ0) is 15.1. The van der Waals surface area contributed by atoms with E-state index in [4.69, 9.17) is 17.0 Å². The zero-order valence-electron chi connectivity index (χ0n) is 12.0. The Morgan fingerprint density at radius 2 is 1.95 bits per heavy atom. The minimum absolute atomic E-state index is 0.449. The van der Waals surface area contributed by atoms with Gasteiger partial charge in [-0.05, 0) is 66.7 Å². The van der Waals surface area contributed by atoms with Crippen molar-refractivity contribution in [2.75, 3.05) is 12.4 Å². The van der Waals surface area contributed by atoms with Crippen LogP contribution < -0.4 is 15.5 Å². The number of hydrogen-bond acceptors (Lipinski definition) is 3. The molecule has 0 bridgehead atoms. The predicted molar refractivity (Wildman–Crippen MR) is 91.1 cm³/mol. The Balaban J connectivity index is 1.86. The first-order chi connectivity index (χ1) is 10.2. The molecule has 5 heteroatoms. The molecule has 2 rings (SSSR count). The molecule has 0 radical (unpaired) electrons. The molecule has 21 heavy (non-hydrogen) atoms. The number of methoxy groups -OCH3 is 1. The van der Waals surface area contributed by atoms with Gasteiger partial charge in [0.15, 0.2) is 5.11 Å². The Morgan fingerprint density at radius 1 is 1.19 bits per heavy atom.